The van der Waals surface area contributed by atoms with Gasteiger partial charge in [-0.05, 0) is 50.6 Å². The quantitative estimate of drug-likeness (QED) is 0.475. The largest absolute Gasteiger partial charge is 0.366 e. The smallest absolute Gasteiger partial charge is 0.263 e. The minimum Gasteiger partial charge on any atom is -0.366 e. The number of thiophene rings is 1. The Kier molecular flexibility index (Phi) is 5.85. The highest BCUT2D eigenvalue weighted by Crippen LogP contribution is 2.28. The van der Waals surface area contributed by atoms with Crippen LogP contribution in [0.1, 0.15) is 27.7 Å². The van der Waals surface area contributed by atoms with E-state index in [1.54, 1.807) is 28.8 Å². The zero-order chi connectivity index (χ0) is 20.4. The van der Waals surface area contributed by atoms with Gasteiger partial charge in [0.15, 0.2) is 5.16 Å². The van der Waals surface area contributed by atoms with Gasteiger partial charge in [0.05, 0.1) is 11.1 Å². The molecule has 2 aromatic heterocycles. The molecule has 3 rings (SSSR count). The number of fused-ring (bicyclic) bond motifs is 1. The number of anilines is 1. The van der Waals surface area contributed by atoms with Crippen molar-refractivity contribution in [3.63, 3.8) is 0 Å². The van der Waals surface area contributed by atoms with E-state index in [2.05, 4.69) is 10.3 Å². The number of carbonyl (C=O) groups is 2. The fourth-order valence-corrected chi connectivity index (χ4v) is 4.68. The number of carbonyl (C=O) groups excluding carboxylic acids is 2. The first kappa shape index (κ1) is 20.1. The van der Waals surface area contributed by atoms with Gasteiger partial charge in [0.25, 0.3) is 5.56 Å². The summed E-state index contributed by atoms with van der Waals surface area (Å²) in [5.41, 5.74) is 7.04. The lowest BCUT2D eigenvalue weighted by Crippen LogP contribution is -2.23. The first-order valence-corrected chi connectivity index (χ1v) is 10.4. The summed E-state index contributed by atoms with van der Waals surface area (Å²) in [6, 6.07) is 6.34. The number of amides is 2. The number of nitrogens with one attached hydrogen (secondary N) is 1. The molecule has 3 aromatic rings. The van der Waals surface area contributed by atoms with E-state index in [-0.39, 0.29) is 17.2 Å². The number of rotatable bonds is 6. The van der Waals surface area contributed by atoms with Crippen molar-refractivity contribution in [1.29, 1.82) is 0 Å². The Bertz CT molecular complexity index is 1120. The summed E-state index contributed by atoms with van der Waals surface area (Å²) < 4.78 is 1.60. The van der Waals surface area contributed by atoms with Crippen LogP contribution >= 0.6 is 23.1 Å². The average molecular weight is 417 g/mol. The number of thioether (sulfide) groups is 1. The molecule has 0 spiro atoms. The van der Waals surface area contributed by atoms with E-state index in [0.717, 1.165) is 10.4 Å². The second-order valence-electron chi connectivity index (χ2n) is 6.19. The number of benzene rings is 1. The highest BCUT2D eigenvalue weighted by molar-refractivity contribution is 7.99. The summed E-state index contributed by atoms with van der Waals surface area (Å²) in [6.07, 6.45) is 0. The predicted molar refractivity (Wildman–Crippen MR) is 113 cm³/mol. The zero-order valence-corrected chi connectivity index (χ0v) is 17.4. The highest BCUT2D eigenvalue weighted by atomic mass is 32.2. The zero-order valence-electron chi connectivity index (χ0n) is 15.7. The number of aromatic nitrogens is 2. The van der Waals surface area contributed by atoms with E-state index in [0.29, 0.717) is 33.2 Å². The van der Waals surface area contributed by atoms with Crippen LogP contribution in [-0.2, 0) is 11.3 Å². The van der Waals surface area contributed by atoms with Gasteiger partial charge in [0.2, 0.25) is 11.8 Å². The van der Waals surface area contributed by atoms with E-state index in [1.807, 2.05) is 20.8 Å². The van der Waals surface area contributed by atoms with E-state index in [4.69, 9.17) is 5.73 Å². The summed E-state index contributed by atoms with van der Waals surface area (Å²) in [6.45, 7) is 6.27. The molecule has 7 nitrogen and oxygen atoms in total. The number of aryl methyl sites for hydroxylation is 2. The Morgan fingerprint density at radius 3 is 2.54 bits per heavy atom. The minimum absolute atomic E-state index is 0.0701. The first-order valence-electron chi connectivity index (χ1n) is 8.64. The van der Waals surface area contributed by atoms with Gasteiger partial charge >= 0.3 is 0 Å². The van der Waals surface area contributed by atoms with Crippen LogP contribution in [0, 0.1) is 13.8 Å². The van der Waals surface area contributed by atoms with Crippen molar-refractivity contribution >= 4 is 50.8 Å². The minimum atomic E-state index is -0.522. The maximum atomic E-state index is 12.8. The van der Waals surface area contributed by atoms with Gasteiger partial charge in [0, 0.05) is 22.7 Å². The Balaban J connectivity index is 1.76. The molecule has 0 atom stereocenters. The van der Waals surface area contributed by atoms with E-state index >= 15 is 0 Å². The van der Waals surface area contributed by atoms with Crippen LogP contribution in [0.4, 0.5) is 5.69 Å². The number of hydrogen-bond acceptors (Lipinski definition) is 6. The Morgan fingerprint density at radius 1 is 1.25 bits per heavy atom. The molecule has 0 aliphatic carbocycles. The average Bonchev–Trinajstić information content (AvgIpc) is 2.94. The van der Waals surface area contributed by atoms with Gasteiger partial charge in [-0.2, -0.15) is 0 Å². The molecule has 0 bridgehead atoms. The van der Waals surface area contributed by atoms with Crippen LogP contribution in [0.5, 0.6) is 0 Å². The molecular weight excluding hydrogens is 396 g/mol. The molecule has 0 saturated carbocycles. The predicted octanol–water partition coefficient (Wildman–Crippen LogP) is 2.92. The molecule has 9 heteroatoms. The molecule has 0 fully saturated rings. The van der Waals surface area contributed by atoms with Crippen LogP contribution in [0.3, 0.4) is 0 Å². The van der Waals surface area contributed by atoms with Gasteiger partial charge < -0.3 is 11.1 Å². The van der Waals surface area contributed by atoms with Crippen molar-refractivity contribution in [2.24, 2.45) is 5.73 Å². The number of nitrogens with zero attached hydrogens (tertiary/aromatic N) is 2. The summed E-state index contributed by atoms with van der Waals surface area (Å²) in [5.74, 6) is -0.641. The number of nitrogens with two attached hydrogens (primary N) is 1. The molecule has 0 radical (unpaired) electrons. The SMILES string of the molecule is CCn1c(SCC(=O)Nc2ccc(C(N)=O)cc2)nc2sc(C)c(C)c2c1=O. The van der Waals surface area contributed by atoms with Gasteiger partial charge in [-0.15, -0.1) is 11.3 Å². The van der Waals surface area contributed by atoms with Crippen molar-refractivity contribution in [2.45, 2.75) is 32.5 Å². The molecule has 0 unspecified atom stereocenters. The first-order chi connectivity index (χ1) is 13.3. The lowest BCUT2D eigenvalue weighted by molar-refractivity contribution is -0.113. The van der Waals surface area contributed by atoms with Gasteiger partial charge in [-0.25, -0.2) is 4.98 Å². The number of hydrogen-bond donors (Lipinski definition) is 2. The molecule has 146 valence electrons. The van der Waals surface area contributed by atoms with E-state index in [9.17, 15) is 14.4 Å². The molecular formula is C19H20N4O3S2. The summed E-state index contributed by atoms with van der Waals surface area (Å²) >= 11 is 2.71. The maximum Gasteiger partial charge on any atom is 0.263 e. The van der Waals surface area contributed by atoms with Crippen molar-refractivity contribution in [1.82, 2.24) is 9.55 Å². The standard InChI is InChI=1S/C19H20N4O3S2/c1-4-23-18(26)15-10(2)11(3)28-17(15)22-19(23)27-9-14(24)21-13-7-5-12(6-8-13)16(20)25/h5-8H,4,9H2,1-3H3,(H2,20,25)(H,21,24). The van der Waals surface area contributed by atoms with E-state index in [1.165, 1.54) is 23.1 Å². The van der Waals surface area contributed by atoms with Crippen molar-refractivity contribution in [3.05, 3.63) is 50.6 Å². The van der Waals surface area contributed by atoms with Crippen molar-refractivity contribution in [2.75, 3.05) is 11.1 Å². The third-order valence-electron chi connectivity index (χ3n) is 4.36. The highest BCUT2D eigenvalue weighted by Gasteiger charge is 2.17. The van der Waals surface area contributed by atoms with Gasteiger partial charge in [0.1, 0.15) is 4.83 Å². The van der Waals surface area contributed by atoms with Crippen LogP contribution in [-0.4, -0.2) is 27.1 Å². The normalized spacial score (nSPS) is 11.0. The molecule has 0 aliphatic heterocycles. The van der Waals surface area contributed by atoms with Crippen LogP contribution in [0.25, 0.3) is 10.2 Å². The molecule has 1 aromatic carbocycles. The fraction of sp³-hybridized carbons (Fsp3) is 0.263. The third kappa shape index (κ3) is 3.95. The lowest BCUT2D eigenvalue weighted by Gasteiger charge is -2.10. The van der Waals surface area contributed by atoms with Crippen LogP contribution in [0.2, 0.25) is 0 Å². The third-order valence-corrected chi connectivity index (χ3v) is 6.43. The monoisotopic (exact) mass is 416 g/mol. The second-order valence-corrected chi connectivity index (χ2v) is 8.33. The lowest BCUT2D eigenvalue weighted by atomic mass is 10.2. The topological polar surface area (TPSA) is 107 Å². The maximum absolute atomic E-state index is 12.8. The van der Waals surface area contributed by atoms with Crippen molar-refractivity contribution < 1.29 is 9.59 Å². The Labute approximate surface area is 170 Å². The van der Waals surface area contributed by atoms with Gasteiger partial charge in [-0.3, -0.25) is 19.0 Å². The Morgan fingerprint density at radius 2 is 1.93 bits per heavy atom. The summed E-state index contributed by atoms with van der Waals surface area (Å²) in [4.78, 5) is 42.6. The molecule has 3 N–H and O–H groups in total. The number of primary amides is 1. The van der Waals surface area contributed by atoms with Crippen LogP contribution < -0.4 is 16.6 Å². The second kappa shape index (κ2) is 8.15. The Hall–Kier alpha value is -2.65. The van der Waals surface area contributed by atoms with Crippen molar-refractivity contribution in [3.8, 4) is 0 Å². The molecule has 28 heavy (non-hydrogen) atoms. The summed E-state index contributed by atoms with van der Waals surface area (Å²) in [5, 5.41) is 3.94. The van der Waals surface area contributed by atoms with Crippen LogP contribution in [0.15, 0.2) is 34.2 Å². The summed E-state index contributed by atoms with van der Waals surface area (Å²) in [7, 11) is 0. The fourth-order valence-electron chi connectivity index (χ4n) is 2.74. The molecule has 2 heterocycles. The van der Waals surface area contributed by atoms with Gasteiger partial charge in [-0.1, -0.05) is 11.8 Å². The molecule has 2 amide bonds. The molecule has 0 aliphatic rings. The molecule has 0 saturated heterocycles. The van der Waals surface area contributed by atoms with E-state index < -0.39 is 5.91 Å².